The van der Waals surface area contributed by atoms with Crippen LogP contribution in [0.3, 0.4) is 0 Å². The van der Waals surface area contributed by atoms with Gasteiger partial charge in [-0.25, -0.2) is 0 Å². The molecule has 0 fully saturated rings. The van der Waals surface area contributed by atoms with Crippen LogP contribution in [0, 0.1) is 11.8 Å². The van der Waals surface area contributed by atoms with E-state index in [9.17, 15) is 0 Å². The molecule has 0 saturated carbocycles. The van der Waals surface area contributed by atoms with Gasteiger partial charge in [0.1, 0.15) is 0 Å². The van der Waals surface area contributed by atoms with Gasteiger partial charge in [-0.3, -0.25) is 0 Å². The van der Waals surface area contributed by atoms with Gasteiger partial charge in [-0.05, 0) is 0 Å². The SMILES string of the molecule is CC#CCC[Se]c1ccccc1. The van der Waals surface area contributed by atoms with Crippen LogP contribution < -0.4 is 4.46 Å². The van der Waals surface area contributed by atoms with Crippen LogP contribution in [-0.4, -0.2) is 15.0 Å². The Morgan fingerprint density at radius 2 is 2.00 bits per heavy atom. The Hall–Kier alpha value is -0.701. The third-order valence-electron chi connectivity index (χ3n) is 1.42. The van der Waals surface area contributed by atoms with Gasteiger partial charge in [0.2, 0.25) is 0 Å². The first-order valence-electron chi connectivity index (χ1n) is 4.01. The van der Waals surface area contributed by atoms with E-state index in [0.717, 1.165) is 6.42 Å². The van der Waals surface area contributed by atoms with E-state index in [1.54, 1.807) is 0 Å². The Morgan fingerprint density at radius 3 is 2.67 bits per heavy atom. The van der Waals surface area contributed by atoms with E-state index in [4.69, 9.17) is 0 Å². The number of hydrogen-bond donors (Lipinski definition) is 0. The van der Waals surface area contributed by atoms with E-state index in [1.165, 1.54) is 9.78 Å². The minimum absolute atomic E-state index is 0.616. The Morgan fingerprint density at radius 1 is 1.25 bits per heavy atom. The van der Waals surface area contributed by atoms with Gasteiger partial charge in [0, 0.05) is 0 Å². The maximum atomic E-state index is 3.08. The second-order valence-corrected chi connectivity index (χ2v) is 4.79. The molecule has 1 heteroatoms. The summed E-state index contributed by atoms with van der Waals surface area (Å²) in [6, 6.07) is 10.6. The second-order valence-electron chi connectivity index (χ2n) is 2.34. The summed E-state index contributed by atoms with van der Waals surface area (Å²) in [5, 5.41) is 1.23. The van der Waals surface area contributed by atoms with E-state index >= 15 is 0 Å². The summed E-state index contributed by atoms with van der Waals surface area (Å²) in [4.78, 5) is 0. The Labute approximate surface area is 80.5 Å². The Kier molecular flexibility index (Phi) is 4.61. The average molecular weight is 223 g/mol. The molecule has 0 aromatic heterocycles. The van der Waals surface area contributed by atoms with Gasteiger partial charge in [0.25, 0.3) is 0 Å². The van der Waals surface area contributed by atoms with Crippen molar-refractivity contribution in [3.05, 3.63) is 30.3 Å². The summed E-state index contributed by atoms with van der Waals surface area (Å²) in [7, 11) is 0. The van der Waals surface area contributed by atoms with Crippen molar-refractivity contribution in [1.82, 2.24) is 0 Å². The molecule has 1 aromatic carbocycles. The van der Waals surface area contributed by atoms with Crippen LogP contribution in [0.4, 0.5) is 0 Å². The molecule has 0 heterocycles. The van der Waals surface area contributed by atoms with Crippen LogP contribution in [0.5, 0.6) is 0 Å². The molecule has 1 aromatic rings. The predicted octanol–water partition coefficient (Wildman–Crippen LogP) is 1.85. The molecule has 0 saturated heterocycles. The summed E-state index contributed by atoms with van der Waals surface area (Å²) in [6.45, 7) is 1.90. The van der Waals surface area contributed by atoms with Crippen molar-refractivity contribution in [2.24, 2.45) is 0 Å². The molecule has 0 bridgehead atoms. The zero-order valence-electron chi connectivity index (χ0n) is 7.21. The number of rotatable bonds is 3. The van der Waals surface area contributed by atoms with Crippen molar-refractivity contribution in [3.8, 4) is 11.8 Å². The second kappa shape index (κ2) is 5.89. The van der Waals surface area contributed by atoms with Gasteiger partial charge in [-0.1, -0.05) is 0 Å². The third kappa shape index (κ3) is 3.62. The molecular formula is C11H12Se. The molecule has 0 aliphatic heterocycles. The van der Waals surface area contributed by atoms with Crippen molar-refractivity contribution in [2.45, 2.75) is 18.7 Å². The first kappa shape index (κ1) is 9.39. The molecule has 0 spiro atoms. The normalized spacial score (nSPS) is 8.75. The summed E-state index contributed by atoms with van der Waals surface area (Å²) in [5.74, 6) is 6.00. The molecule has 0 amide bonds. The summed E-state index contributed by atoms with van der Waals surface area (Å²) in [5.41, 5.74) is 0. The quantitative estimate of drug-likeness (QED) is 0.417. The Balaban J connectivity index is 2.27. The minimum atomic E-state index is 0.616. The molecule has 0 aliphatic carbocycles. The first-order chi connectivity index (χ1) is 5.93. The van der Waals surface area contributed by atoms with Crippen LogP contribution in [0.2, 0.25) is 5.32 Å². The molecule has 0 N–H and O–H groups in total. The zero-order chi connectivity index (χ0) is 8.65. The molecule has 0 nitrogen and oxygen atoms in total. The average Bonchev–Trinajstić information content (AvgIpc) is 2.14. The van der Waals surface area contributed by atoms with E-state index in [-0.39, 0.29) is 0 Å². The van der Waals surface area contributed by atoms with Crippen molar-refractivity contribution in [2.75, 3.05) is 0 Å². The number of hydrogen-bond acceptors (Lipinski definition) is 0. The van der Waals surface area contributed by atoms with E-state index in [0.29, 0.717) is 15.0 Å². The Bertz CT molecular complexity index is 266. The van der Waals surface area contributed by atoms with Gasteiger partial charge in [0.05, 0.1) is 0 Å². The molecule has 1 rings (SSSR count). The van der Waals surface area contributed by atoms with Crippen molar-refractivity contribution >= 4 is 19.4 Å². The summed E-state index contributed by atoms with van der Waals surface area (Å²) >= 11 is 0.616. The summed E-state index contributed by atoms with van der Waals surface area (Å²) < 4.78 is 1.47. The van der Waals surface area contributed by atoms with E-state index < -0.39 is 0 Å². The molecule has 0 aliphatic rings. The van der Waals surface area contributed by atoms with Crippen LogP contribution in [0.25, 0.3) is 0 Å². The van der Waals surface area contributed by atoms with Crippen LogP contribution in [0.15, 0.2) is 30.3 Å². The van der Waals surface area contributed by atoms with Crippen LogP contribution in [0.1, 0.15) is 13.3 Å². The third-order valence-corrected chi connectivity index (χ3v) is 3.54. The fourth-order valence-corrected chi connectivity index (χ4v) is 2.52. The van der Waals surface area contributed by atoms with Crippen LogP contribution in [-0.2, 0) is 0 Å². The summed E-state index contributed by atoms with van der Waals surface area (Å²) in [6.07, 6.45) is 1.05. The molecule has 0 atom stereocenters. The molecule has 0 radical (unpaired) electrons. The topological polar surface area (TPSA) is 0 Å². The molecule has 12 heavy (non-hydrogen) atoms. The first-order valence-corrected chi connectivity index (χ1v) is 6.07. The van der Waals surface area contributed by atoms with Gasteiger partial charge >= 0.3 is 80.3 Å². The molecule has 0 unspecified atom stereocenters. The molecule has 62 valence electrons. The predicted molar refractivity (Wildman–Crippen MR) is 54.7 cm³/mol. The maximum absolute atomic E-state index is 3.08. The molecular weight excluding hydrogens is 211 g/mol. The van der Waals surface area contributed by atoms with Gasteiger partial charge < -0.3 is 0 Å². The van der Waals surface area contributed by atoms with Gasteiger partial charge in [-0.15, -0.1) is 0 Å². The van der Waals surface area contributed by atoms with E-state index in [2.05, 4.69) is 42.2 Å². The van der Waals surface area contributed by atoms with Crippen LogP contribution >= 0.6 is 0 Å². The standard InChI is InChI=1S/C11H12Se/c1-2-3-7-10-12-11-8-5-4-6-9-11/h4-6,8-9H,7,10H2,1H3. The monoisotopic (exact) mass is 224 g/mol. The number of benzene rings is 1. The van der Waals surface area contributed by atoms with Crippen molar-refractivity contribution < 1.29 is 0 Å². The fourth-order valence-electron chi connectivity index (χ4n) is 0.862. The van der Waals surface area contributed by atoms with Crippen molar-refractivity contribution in [3.63, 3.8) is 0 Å². The fraction of sp³-hybridized carbons (Fsp3) is 0.273. The van der Waals surface area contributed by atoms with Gasteiger partial charge in [0.15, 0.2) is 0 Å². The zero-order valence-corrected chi connectivity index (χ0v) is 8.92. The van der Waals surface area contributed by atoms with E-state index in [1.807, 2.05) is 6.92 Å². The van der Waals surface area contributed by atoms with Crippen molar-refractivity contribution in [1.29, 1.82) is 0 Å². The van der Waals surface area contributed by atoms with Gasteiger partial charge in [-0.2, -0.15) is 0 Å².